The number of benzene rings is 2. The van der Waals surface area contributed by atoms with Gasteiger partial charge in [-0.2, -0.15) is 0 Å². The van der Waals surface area contributed by atoms with Crippen LogP contribution in [0.3, 0.4) is 0 Å². The summed E-state index contributed by atoms with van der Waals surface area (Å²) >= 11 is 0. The number of imidazole rings is 1. The molecule has 2 amide bonds. The van der Waals surface area contributed by atoms with Crippen LogP contribution in [0, 0.1) is 11.8 Å². The van der Waals surface area contributed by atoms with E-state index in [1.165, 1.54) is 12.4 Å². The lowest BCUT2D eigenvalue weighted by molar-refractivity contribution is -0.116. The topological polar surface area (TPSA) is 136 Å². The van der Waals surface area contributed by atoms with E-state index in [1.54, 1.807) is 34.4 Å². The van der Waals surface area contributed by atoms with Crippen molar-refractivity contribution in [2.75, 3.05) is 12.3 Å². The minimum Gasteiger partial charge on any atom is -0.383 e. The van der Waals surface area contributed by atoms with Gasteiger partial charge in [0.05, 0.1) is 11.4 Å². The van der Waals surface area contributed by atoms with Crippen LogP contribution in [0.4, 0.5) is 5.82 Å². The Morgan fingerprint density at radius 2 is 1.95 bits per heavy atom. The van der Waals surface area contributed by atoms with E-state index in [0.29, 0.717) is 46.3 Å². The van der Waals surface area contributed by atoms with Gasteiger partial charge in [0.1, 0.15) is 17.7 Å². The molecule has 3 aromatic heterocycles. The van der Waals surface area contributed by atoms with Crippen molar-refractivity contribution in [2.45, 2.75) is 19.4 Å². The molecule has 2 aromatic carbocycles. The first-order chi connectivity index (χ1) is 19.9. The predicted molar refractivity (Wildman–Crippen MR) is 158 cm³/mol. The van der Waals surface area contributed by atoms with Crippen molar-refractivity contribution in [1.29, 1.82) is 0 Å². The molecule has 0 bridgehead atoms. The molecular weight excluding hydrogens is 518 g/mol. The van der Waals surface area contributed by atoms with Gasteiger partial charge in [-0.25, -0.2) is 9.97 Å². The van der Waals surface area contributed by atoms with E-state index in [4.69, 9.17) is 5.73 Å². The first-order valence-corrected chi connectivity index (χ1v) is 12.9. The lowest BCUT2D eigenvalue weighted by Crippen LogP contribution is -2.33. The normalized spacial score (nSPS) is 11.4. The average molecular weight is 546 g/mol. The quantitative estimate of drug-likeness (QED) is 0.163. The molecule has 5 rings (SSSR count). The number of para-hydroxylation sites is 1. The second kappa shape index (κ2) is 11.6. The van der Waals surface area contributed by atoms with Crippen LogP contribution in [0.5, 0.6) is 0 Å². The predicted octanol–water partition coefficient (Wildman–Crippen LogP) is 3.15. The van der Waals surface area contributed by atoms with Crippen molar-refractivity contribution in [3.63, 3.8) is 0 Å². The van der Waals surface area contributed by atoms with Gasteiger partial charge >= 0.3 is 0 Å². The molecule has 10 heteroatoms. The van der Waals surface area contributed by atoms with Crippen LogP contribution in [0.2, 0.25) is 0 Å². The molecule has 0 radical (unpaired) electrons. The summed E-state index contributed by atoms with van der Waals surface area (Å²) in [6, 6.07) is 15.9. The largest absolute Gasteiger partial charge is 0.383 e. The molecule has 1 unspecified atom stereocenters. The van der Waals surface area contributed by atoms with Crippen LogP contribution >= 0.6 is 0 Å². The third-order valence-corrected chi connectivity index (χ3v) is 6.54. The van der Waals surface area contributed by atoms with E-state index < -0.39 is 11.9 Å². The fourth-order valence-electron chi connectivity index (χ4n) is 4.59. The molecule has 1 atom stereocenters. The van der Waals surface area contributed by atoms with E-state index in [-0.39, 0.29) is 22.8 Å². The smallest absolute Gasteiger partial charge is 0.264 e. The number of hydrogen-bond donors (Lipinski definition) is 3. The maximum Gasteiger partial charge on any atom is 0.264 e. The van der Waals surface area contributed by atoms with Crippen molar-refractivity contribution in [1.82, 2.24) is 29.6 Å². The number of pyridine rings is 1. The maximum atomic E-state index is 14.1. The Labute approximate surface area is 235 Å². The number of nitrogens with one attached hydrogen (secondary N) is 2. The second-order valence-corrected chi connectivity index (χ2v) is 9.22. The zero-order valence-corrected chi connectivity index (χ0v) is 22.3. The SMILES string of the molecule is C=CC(=O)NCCC#Cc1cccc2cc(C(C)NC(=O)c3c(N)ncn4ccnc34)n(-c3ccccc3)c(=O)c12. The Hall–Kier alpha value is -5.69. The van der Waals surface area contributed by atoms with Crippen LogP contribution in [0.25, 0.3) is 22.1 Å². The number of anilines is 1. The number of hydrogen-bond acceptors (Lipinski definition) is 6. The molecule has 0 aliphatic heterocycles. The van der Waals surface area contributed by atoms with E-state index >= 15 is 0 Å². The van der Waals surface area contributed by atoms with Crippen molar-refractivity contribution in [2.24, 2.45) is 0 Å². The number of amides is 2. The Morgan fingerprint density at radius 3 is 2.73 bits per heavy atom. The monoisotopic (exact) mass is 545 g/mol. The number of aromatic nitrogens is 4. The first kappa shape index (κ1) is 26.9. The van der Waals surface area contributed by atoms with E-state index in [0.717, 1.165) is 0 Å². The van der Waals surface area contributed by atoms with Gasteiger partial charge in [0.15, 0.2) is 5.65 Å². The van der Waals surface area contributed by atoms with Gasteiger partial charge in [-0.1, -0.05) is 48.8 Å². The van der Waals surface area contributed by atoms with Gasteiger partial charge in [0.25, 0.3) is 11.5 Å². The minimum absolute atomic E-state index is 0.0552. The average Bonchev–Trinajstić information content (AvgIpc) is 3.45. The second-order valence-electron chi connectivity index (χ2n) is 9.22. The molecular formula is C31H27N7O3. The number of fused-ring (bicyclic) bond motifs is 2. The van der Waals surface area contributed by atoms with Gasteiger partial charge < -0.3 is 16.4 Å². The van der Waals surface area contributed by atoms with Gasteiger partial charge in [-0.3, -0.25) is 23.4 Å². The molecule has 3 heterocycles. The first-order valence-electron chi connectivity index (χ1n) is 12.9. The minimum atomic E-state index is -0.599. The Bertz CT molecular complexity index is 1910. The molecule has 10 nitrogen and oxygen atoms in total. The number of nitrogen functional groups attached to an aromatic ring is 1. The lowest BCUT2D eigenvalue weighted by atomic mass is 10.0. The summed E-state index contributed by atoms with van der Waals surface area (Å²) in [5, 5.41) is 6.79. The zero-order valence-electron chi connectivity index (χ0n) is 22.3. The Kier molecular flexibility index (Phi) is 7.60. The van der Waals surface area contributed by atoms with E-state index in [2.05, 4.69) is 39.0 Å². The highest BCUT2D eigenvalue weighted by Crippen LogP contribution is 2.24. The molecule has 0 aliphatic rings. The van der Waals surface area contributed by atoms with Gasteiger partial charge in [0, 0.05) is 42.3 Å². The molecule has 0 fully saturated rings. The third kappa shape index (κ3) is 5.42. The fraction of sp³-hybridized carbons (Fsp3) is 0.129. The summed E-state index contributed by atoms with van der Waals surface area (Å²) in [5.74, 6) is 5.44. The number of carbonyl (C=O) groups is 2. The van der Waals surface area contributed by atoms with Crippen LogP contribution < -0.4 is 21.9 Å². The van der Waals surface area contributed by atoms with Crippen molar-refractivity contribution >= 4 is 34.1 Å². The third-order valence-electron chi connectivity index (χ3n) is 6.54. The van der Waals surface area contributed by atoms with Crippen molar-refractivity contribution in [3.8, 4) is 17.5 Å². The Morgan fingerprint density at radius 1 is 1.15 bits per heavy atom. The van der Waals surface area contributed by atoms with Crippen LogP contribution in [0.15, 0.2) is 90.8 Å². The summed E-state index contributed by atoms with van der Waals surface area (Å²) in [6.07, 6.45) is 6.34. The molecule has 0 aliphatic carbocycles. The molecule has 0 spiro atoms. The highest BCUT2D eigenvalue weighted by atomic mass is 16.2. The number of rotatable bonds is 7. The van der Waals surface area contributed by atoms with Crippen LogP contribution in [-0.2, 0) is 4.79 Å². The maximum absolute atomic E-state index is 14.1. The molecule has 204 valence electrons. The number of nitrogens with two attached hydrogens (primary N) is 1. The molecule has 0 saturated heterocycles. The highest BCUT2D eigenvalue weighted by molar-refractivity contribution is 6.04. The Balaban J connectivity index is 1.56. The van der Waals surface area contributed by atoms with Crippen LogP contribution in [-0.4, -0.2) is 37.3 Å². The molecule has 41 heavy (non-hydrogen) atoms. The van der Waals surface area contributed by atoms with E-state index in [1.807, 2.05) is 48.5 Å². The van der Waals surface area contributed by atoms with Crippen molar-refractivity contribution in [3.05, 3.63) is 113 Å². The molecule has 5 aromatic rings. The standard InChI is InChI=1S/C31H27N7O3/c1-3-25(39)33-15-8-7-10-21-11-9-12-22-18-24(38(31(41)26(21)22)23-13-5-4-6-14-23)20(2)36-30(40)27-28(32)35-19-37-17-16-34-29(27)37/h3-6,9,11-14,16-20H,1,8,15,32H2,2H3,(H,33,39)(H,36,40). The summed E-state index contributed by atoms with van der Waals surface area (Å²) in [5.41, 5.74) is 8.10. The number of carbonyl (C=O) groups excluding carboxylic acids is 2. The molecule has 0 saturated carbocycles. The summed E-state index contributed by atoms with van der Waals surface area (Å²) < 4.78 is 3.20. The van der Waals surface area contributed by atoms with Crippen LogP contribution in [0.1, 0.15) is 41.0 Å². The summed E-state index contributed by atoms with van der Waals surface area (Å²) in [7, 11) is 0. The lowest BCUT2D eigenvalue weighted by Gasteiger charge is -2.21. The summed E-state index contributed by atoms with van der Waals surface area (Å²) in [6.45, 7) is 5.59. The zero-order chi connectivity index (χ0) is 28.9. The van der Waals surface area contributed by atoms with Gasteiger partial charge in [-0.15, -0.1) is 0 Å². The van der Waals surface area contributed by atoms with E-state index in [9.17, 15) is 14.4 Å². The number of nitrogens with zero attached hydrogens (tertiary/aromatic N) is 4. The molecule has 4 N–H and O–H groups in total. The van der Waals surface area contributed by atoms with Gasteiger partial charge in [-0.05, 0) is 42.7 Å². The van der Waals surface area contributed by atoms with Crippen molar-refractivity contribution < 1.29 is 9.59 Å². The van der Waals surface area contributed by atoms with Gasteiger partial charge in [0.2, 0.25) is 5.91 Å². The fourth-order valence-corrected chi connectivity index (χ4v) is 4.59. The highest BCUT2D eigenvalue weighted by Gasteiger charge is 2.23. The summed E-state index contributed by atoms with van der Waals surface area (Å²) in [4.78, 5) is 47.3.